The molecule has 1 saturated heterocycles. The second-order valence-electron chi connectivity index (χ2n) is 7.52. The Morgan fingerprint density at radius 1 is 1.07 bits per heavy atom. The Labute approximate surface area is 159 Å². The van der Waals surface area contributed by atoms with E-state index in [1.807, 2.05) is 18.7 Å². The Morgan fingerprint density at radius 3 is 2.30 bits per heavy atom. The van der Waals surface area contributed by atoms with Crippen LogP contribution in [-0.2, 0) is 9.53 Å². The molecule has 27 heavy (non-hydrogen) atoms. The molecule has 144 valence electrons. The highest BCUT2D eigenvalue weighted by Crippen LogP contribution is 2.24. The summed E-state index contributed by atoms with van der Waals surface area (Å²) in [4.78, 5) is 36.2. The van der Waals surface area contributed by atoms with Crippen LogP contribution < -0.4 is 0 Å². The van der Waals surface area contributed by atoms with Crippen molar-refractivity contribution < 1.29 is 14.3 Å². The fraction of sp³-hybridized carbons (Fsp3) is 0.524. The van der Waals surface area contributed by atoms with Crippen LogP contribution in [0.25, 0.3) is 11.0 Å². The Hall–Kier alpha value is -2.50. The van der Waals surface area contributed by atoms with Crippen LogP contribution in [0.1, 0.15) is 61.8 Å². The zero-order valence-electron chi connectivity index (χ0n) is 16.7. The van der Waals surface area contributed by atoms with E-state index in [0.29, 0.717) is 11.1 Å². The average molecular weight is 369 g/mol. The first-order valence-electron chi connectivity index (χ1n) is 9.56. The molecule has 1 aromatic heterocycles. The molecule has 6 heteroatoms. The molecular formula is C21H27N3O3. The fourth-order valence-electron chi connectivity index (χ4n) is 3.70. The molecule has 0 N–H and O–H groups in total. The highest BCUT2D eigenvalue weighted by Gasteiger charge is 2.33. The summed E-state index contributed by atoms with van der Waals surface area (Å²) < 4.78 is 5.47. The zero-order valence-corrected chi connectivity index (χ0v) is 16.7. The van der Waals surface area contributed by atoms with E-state index in [4.69, 9.17) is 4.74 Å². The van der Waals surface area contributed by atoms with Gasteiger partial charge in [0.2, 0.25) is 0 Å². The van der Waals surface area contributed by atoms with Crippen LogP contribution in [0.4, 0.5) is 0 Å². The number of amides is 1. The van der Waals surface area contributed by atoms with Crippen molar-refractivity contribution in [3.8, 4) is 0 Å². The first kappa shape index (κ1) is 19.3. The van der Waals surface area contributed by atoms with Gasteiger partial charge in [-0.05, 0) is 72.1 Å². The minimum absolute atomic E-state index is 0.130. The van der Waals surface area contributed by atoms with Gasteiger partial charge < -0.3 is 9.64 Å². The van der Waals surface area contributed by atoms with E-state index in [0.717, 1.165) is 36.2 Å². The largest absolute Gasteiger partial charge is 0.449 e. The number of esters is 1. The van der Waals surface area contributed by atoms with Crippen molar-refractivity contribution >= 4 is 22.9 Å². The smallest absolute Gasteiger partial charge is 0.338 e. The number of nitrogens with zero attached hydrogens (tertiary/aromatic N) is 3. The number of ether oxygens (including phenoxy) is 1. The molecule has 1 amide bonds. The van der Waals surface area contributed by atoms with Gasteiger partial charge in [0.25, 0.3) is 5.91 Å². The number of carbonyl (C=O) groups is 2. The maximum Gasteiger partial charge on any atom is 0.338 e. The quantitative estimate of drug-likeness (QED) is 0.773. The lowest BCUT2D eigenvalue weighted by molar-refractivity contribution is -0.146. The Morgan fingerprint density at radius 2 is 1.67 bits per heavy atom. The van der Waals surface area contributed by atoms with E-state index in [2.05, 4.69) is 23.8 Å². The van der Waals surface area contributed by atoms with Gasteiger partial charge in [-0.3, -0.25) is 4.79 Å². The van der Waals surface area contributed by atoms with Crippen LogP contribution in [0, 0.1) is 13.8 Å². The van der Waals surface area contributed by atoms with Crippen molar-refractivity contribution in [3.63, 3.8) is 0 Å². The highest BCUT2D eigenvalue weighted by atomic mass is 16.5. The van der Waals surface area contributed by atoms with Crippen molar-refractivity contribution in [2.45, 2.75) is 72.1 Å². The zero-order chi connectivity index (χ0) is 19.7. The molecule has 2 aromatic rings. The molecule has 1 aliphatic rings. The predicted molar refractivity (Wildman–Crippen MR) is 104 cm³/mol. The molecule has 0 radical (unpaired) electrons. The normalized spacial score (nSPS) is 21.1. The number of carbonyl (C=O) groups excluding carboxylic acids is 2. The van der Waals surface area contributed by atoms with Crippen LogP contribution in [0.2, 0.25) is 0 Å². The number of piperidine rings is 1. The molecular weight excluding hydrogens is 342 g/mol. The van der Waals surface area contributed by atoms with Gasteiger partial charge >= 0.3 is 5.97 Å². The second-order valence-corrected chi connectivity index (χ2v) is 7.52. The van der Waals surface area contributed by atoms with E-state index >= 15 is 0 Å². The second kappa shape index (κ2) is 7.62. The average Bonchev–Trinajstić information content (AvgIpc) is 2.62. The molecule has 3 atom stereocenters. The molecule has 0 aliphatic carbocycles. The Bertz CT molecular complexity index is 870. The SMILES string of the molecule is Cc1nc2ccc(C(=O)O[C@@H](C)C(=O)N3[C@H](C)CCC[C@@H]3C)cc2nc1C. The van der Waals surface area contributed by atoms with E-state index in [1.165, 1.54) is 0 Å². The summed E-state index contributed by atoms with van der Waals surface area (Å²) in [5.74, 6) is -0.648. The minimum atomic E-state index is -0.818. The number of likely N-dealkylation sites (tertiary alicyclic amines) is 1. The molecule has 0 spiro atoms. The molecule has 0 bridgehead atoms. The van der Waals surface area contributed by atoms with Gasteiger partial charge in [0, 0.05) is 12.1 Å². The van der Waals surface area contributed by atoms with Gasteiger partial charge in [0.15, 0.2) is 6.10 Å². The van der Waals surface area contributed by atoms with Crippen LogP contribution in [-0.4, -0.2) is 44.9 Å². The lowest BCUT2D eigenvalue weighted by Gasteiger charge is -2.40. The number of benzene rings is 1. The third-order valence-corrected chi connectivity index (χ3v) is 5.39. The first-order valence-corrected chi connectivity index (χ1v) is 9.56. The standard InChI is InChI=1S/C21H27N3O3/c1-12-7-6-8-13(2)24(12)20(25)16(5)27-21(26)17-9-10-18-19(11-17)23-15(4)14(3)22-18/h9-13,16H,6-8H2,1-5H3/t12-,13+,16-/m0/s1. The van der Waals surface area contributed by atoms with Gasteiger partial charge in [-0.1, -0.05) is 0 Å². The minimum Gasteiger partial charge on any atom is -0.449 e. The Balaban J connectivity index is 1.75. The first-order chi connectivity index (χ1) is 12.8. The van der Waals surface area contributed by atoms with Gasteiger partial charge in [0.05, 0.1) is 28.0 Å². The number of hydrogen-bond donors (Lipinski definition) is 0. The van der Waals surface area contributed by atoms with Gasteiger partial charge in [0.1, 0.15) is 0 Å². The molecule has 1 fully saturated rings. The van der Waals surface area contributed by atoms with E-state index < -0.39 is 12.1 Å². The lowest BCUT2D eigenvalue weighted by atomic mass is 9.97. The monoisotopic (exact) mass is 369 g/mol. The van der Waals surface area contributed by atoms with Gasteiger partial charge in [-0.15, -0.1) is 0 Å². The van der Waals surface area contributed by atoms with Crippen molar-refractivity contribution in [2.75, 3.05) is 0 Å². The predicted octanol–water partition coefficient (Wildman–Crippen LogP) is 3.58. The molecule has 0 unspecified atom stereocenters. The molecule has 3 rings (SSSR count). The third-order valence-electron chi connectivity index (χ3n) is 5.39. The van der Waals surface area contributed by atoms with Crippen LogP contribution in [0.15, 0.2) is 18.2 Å². The number of aromatic nitrogens is 2. The third kappa shape index (κ3) is 3.94. The topological polar surface area (TPSA) is 72.4 Å². The summed E-state index contributed by atoms with van der Waals surface area (Å²) >= 11 is 0. The fourth-order valence-corrected chi connectivity index (χ4v) is 3.70. The maximum absolute atomic E-state index is 12.8. The molecule has 1 aliphatic heterocycles. The summed E-state index contributed by atoms with van der Waals surface area (Å²) in [5.41, 5.74) is 3.44. The molecule has 6 nitrogen and oxygen atoms in total. The van der Waals surface area contributed by atoms with E-state index in [-0.39, 0.29) is 18.0 Å². The van der Waals surface area contributed by atoms with Crippen molar-refractivity contribution in [3.05, 3.63) is 35.2 Å². The van der Waals surface area contributed by atoms with Crippen LogP contribution >= 0.6 is 0 Å². The Kier molecular flexibility index (Phi) is 5.44. The molecule has 0 saturated carbocycles. The number of aryl methyl sites for hydroxylation is 2. The summed E-state index contributed by atoms with van der Waals surface area (Å²) in [5, 5.41) is 0. The summed E-state index contributed by atoms with van der Waals surface area (Å²) in [6.45, 7) is 9.53. The van der Waals surface area contributed by atoms with Gasteiger partial charge in [-0.25, -0.2) is 14.8 Å². The van der Waals surface area contributed by atoms with Crippen LogP contribution in [0.5, 0.6) is 0 Å². The number of hydrogen-bond acceptors (Lipinski definition) is 5. The summed E-state index contributed by atoms with van der Waals surface area (Å²) in [6.07, 6.45) is 2.27. The maximum atomic E-state index is 12.8. The van der Waals surface area contributed by atoms with E-state index in [1.54, 1.807) is 25.1 Å². The number of fused-ring (bicyclic) bond motifs is 1. The molecule has 1 aromatic carbocycles. The lowest BCUT2D eigenvalue weighted by Crippen LogP contribution is -2.51. The van der Waals surface area contributed by atoms with E-state index in [9.17, 15) is 9.59 Å². The van der Waals surface area contributed by atoms with Crippen molar-refractivity contribution in [2.24, 2.45) is 0 Å². The van der Waals surface area contributed by atoms with Crippen molar-refractivity contribution in [1.29, 1.82) is 0 Å². The summed E-state index contributed by atoms with van der Waals surface area (Å²) in [6, 6.07) is 5.43. The highest BCUT2D eigenvalue weighted by molar-refractivity contribution is 5.95. The summed E-state index contributed by atoms with van der Waals surface area (Å²) in [7, 11) is 0. The van der Waals surface area contributed by atoms with Gasteiger partial charge in [-0.2, -0.15) is 0 Å². The van der Waals surface area contributed by atoms with Crippen LogP contribution in [0.3, 0.4) is 0 Å². The molecule has 2 heterocycles. The van der Waals surface area contributed by atoms with Crippen molar-refractivity contribution in [1.82, 2.24) is 14.9 Å². The number of rotatable bonds is 3.